The van der Waals surface area contributed by atoms with E-state index in [2.05, 4.69) is 17.0 Å². The maximum absolute atomic E-state index is 13.3. The summed E-state index contributed by atoms with van der Waals surface area (Å²) in [5.41, 5.74) is 2.69. The highest BCUT2D eigenvalue weighted by atomic mass is 16.5. The Hall–Kier alpha value is -3.05. The molecule has 0 bridgehead atoms. The number of benzene rings is 3. The number of fused-ring (bicyclic) bond motifs is 1. The van der Waals surface area contributed by atoms with Crippen molar-refractivity contribution in [2.24, 2.45) is 0 Å². The van der Waals surface area contributed by atoms with Crippen molar-refractivity contribution in [1.82, 2.24) is 9.80 Å². The normalized spacial score (nSPS) is 14.0. The van der Waals surface area contributed by atoms with Crippen LogP contribution in [0.4, 0.5) is 0 Å². The molecule has 0 spiro atoms. The lowest BCUT2D eigenvalue weighted by Crippen LogP contribution is -2.30. The molecular weight excluding hydrogens is 400 g/mol. The molecule has 1 heterocycles. The molecule has 0 unspecified atom stereocenters. The Kier molecular flexibility index (Phi) is 6.96. The van der Waals surface area contributed by atoms with Crippen molar-refractivity contribution in [1.29, 1.82) is 0 Å². The summed E-state index contributed by atoms with van der Waals surface area (Å²) < 4.78 is 11.1. The van der Waals surface area contributed by atoms with Gasteiger partial charge in [-0.05, 0) is 79.5 Å². The second kappa shape index (κ2) is 10.0. The molecule has 5 nitrogen and oxygen atoms in total. The van der Waals surface area contributed by atoms with Crippen LogP contribution in [0.2, 0.25) is 0 Å². The molecule has 4 rings (SSSR count). The van der Waals surface area contributed by atoms with Crippen molar-refractivity contribution in [3.8, 4) is 22.6 Å². The van der Waals surface area contributed by atoms with Gasteiger partial charge in [-0.25, -0.2) is 0 Å². The monoisotopic (exact) mass is 432 g/mol. The molecule has 32 heavy (non-hydrogen) atoms. The van der Waals surface area contributed by atoms with Crippen LogP contribution in [-0.2, 0) is 0 Å². The van der Waals surface area contributed by atoms with Crippen LogP contribution in [0.25, 0.3) is 21.9 Å². The Morgan fingerprint density at radius 3 is 2.44 bits per heavy atom. The number of hydrogen-bond donors (Lipinski definition) is 0. The Labute approximate surface area is 190 Å². The molecule has 1 saturated heterocycles. The van der Waals surface area contributed by atoms with E-state index in [-0.39, 0.29) is 5.91 Å². The lowest BCUT2D eigenvalue weighted by molar-refractivity contribution is 0.0791. The van der Waals surface area contributed by atoms with Gasteiger partial charge in [0.15, 0.2) is 0 Å². The van der Waals surface area contributed by atoms with Crippen molar-refractivity contribution >= 4 is 16.7 Å². The lowest BCUT2D eigenvalue weighted by atomic mass is 9.94. The third-order valence-electron chi connectivity index (χ3n) is 6.36. The van der Waals surface area contributed by atoms with Crippen molar-refractivity contribution in [2.75, 3.05) is 47.4 Å². The zero-order valence-corrected chi connectivity index (χ0v) is 19.3. The number of amides is 1. The molecule has 1 fully saturated rings. The molecule has 3 aromatic rings. The summed E-state index contributed by atoms with van der Waals surface area (Å²) in [7, 11) is 5.23. The fraction of sp³-hybridized carbons (Fsp3) is 0.370. The first-order valence-electron chi connectivity index (χ1n) is 11.3. The third kappa shape index (κ3) is 4.58. The number of hydrogen-bond acceptors (Lipinski definition) is 4. The van der Waals surface area contributed by atoms with Crippen LogP contribution in [0, 0.1) is 0 Å². The molecule has 0 saturated carbocycles. The zero-order valence-electron chi connectivity index (χ0n) is 19.3. The average Bonchev–Trinajstić information content (AvgIpc) is 3.36. The van der Waals surface area contributed by atoms with E-state index in [9.17, 15) is 4.79 Å². The van der Waals surface area contributed by atoms with Crippen LogP contribution in [0.5, 0.6) is 11.5 Å². The predicted octanol–water partition coefficient (Wildman–Crippen LogP) is 5.08. The van der Waals surface area contributed by atoms with Gasteiger partial charge < -0.3 is 19.3 Å². The lowest BCUT2D eigenvalue weighted by Gasteiger charge is -2.21. The van der Waals surface area contributed by atoms with E-state index in [1.165, 1.54) is 25.9 Å². The van der Waals surface area contributed by atoms with Gasteiger partial charge in [0.25, 0.3) is 5.91 Å². The molecule has 168 valence electrons. The van der Waals surface area contributed by atoms with E-state index >= 15 is 0 Å². The van der Waals surface area contributed by atoms with Crippen LogP contribution in [0.15, 0.2) is 54.6 Å². The summed E-state index contributed by atoms with van der Waals surface area (Å²) >= 11 is 0. The number of carbonyl (C=O) groups excluding carboxylic acids is 1. The second-order valence-corrected chi connectivity index (χ2v) is 8.40. The molecule has 1 aliphatic heterocycles. The zero-order chi connectivity index (χ0) is 22.5. The van der Waals surface area contributed by atoms with Crippen LogP contribution >= 0.6 is 0 Å². The topological polar surface area (TPSA) is 42.0 Å². The Balaban J connectivity index is 1.63. The van der Waals surface area contributed by atoms with Crippen LogP contribution < -0.4 is 9.47 Å². The van der Waals surface area contributed by atoms with Gasteiger partial charge in [-0.15, -0.1) is 0 Å². The fourth-order valence-corrected chi connectivity index (χ4v) is 4.60. The van der Waals surface area contributed by atoms with Gasteiger partial charge >= 0.3 is 0 Å². The van der Waals surface area contributed by atoms with E-state index < -0.39 is 0 Å². The van der Waals surface area contributed by atoms with Crippen LogP contribution in [-0.4, -0.2) is 63.2 Å². The second-order valence-electron chi connectivity index (χ2n) is 8.40. The largest absolute Gasteiger partial charge is 0.497 e. The maximum Gasteiger partial charge on any atom is 0.254 e. The Morgan fingerprint density at radius 1 is 0.938 bits per heavy atom. The van der Waals surface area contributed by atoms with Gasteiger partial charge in [-0.1, -0.05) is 30.3 Å². The summed E-state index contributed by atoms with van der Waals surface area (Å²) in [6, 6.07) is 17.8. The van der Waals surface area contributed by atoms with E-state index in [4.69, 9.17) is 9.47 Å². The van der Waals surface area contributed by atoms with Crippen LogP contribution in [0.1, 0.15) is 29.6 Å². The number of methoxy groups -OCH3 is 2. The van der Waals surface area contributed by atoms with Crippen molar-refractivity contribution in [3.63, 3.8) is 0 Å². The minimum atomic E-state index is 0.0618. The van der Waals surface area contributed by atoms with Gasteiger partial charge in [-0.2, -0.15) is 0 Å². The standard InChI is InChI=1S/C27H32N2O3/c1-28(15-8-18-29-16-4-5-17-29)27(30)24-12-7-9-21-22(24)10-6-11-23(21)25-19-20(31-2)13-14-26(25)32-3/h6-7,9-14,19H,4-5,8,15-18H2,1-3H3. The number of rotatable bonds is 8. The van der Waals surface area contributed by atoms with E-state index in [0.29, 0.717) is 0 Å². The van der Waals surface area contributed by atoms with Crippen molar-refractivity contribution in [2.45, 2.75) is 19.3 Å². The minimum absolute atomic E-state index is 0.0618. The van der Waals surface area contributed by atoms with Crippen molar-refractivity contribution < 1.29 is 14.3 Å². The quantitative estimate of drug-likeness (QED) is 0.498. The van der Waals surface area contributed by atoms with Crippen LogP contribution in [0.3, 0.4) is 0 Å². The Morgan fingerprint density at radius 2 is 1.69 bits per heavy atom. The van der Waals surface area contributed by atoms with Gasteiger partial charge in [-0.3, -0.25) is 4.79 Å². The first kappa shape index (κ1) is 22.2. The summed E-state index contributed by atoms with van der Waals surface area (Å²) in [5, 5.41) is 1.97. The number of ether oxygens (including phenoxy) is 2. The molecule has 0 radical (unpaired) electrons. The van der Waals surface area contributed by atoms with E-state index in [0.717, 1.165) is 58.5 Å². The molecule has 3 aromatic carbocycles. The molecule has 1 amide bonds. The van der Waals surface area contributed by atoms with E-state index in [1.807, 2.05) is 54.4 Å². The first-order chi connectivity index (χ1) is 15.6. The third-order valence-corrected chi connectivity index (χ3v) is 6.36. The highest BCUT2D eigenvalue weighted by Gasteiger charge is 2.18. The summed E-state index contributed by atoms with van der Waals surface area (Å²) in [4.78, 5) is 17.7. The highest BCUT2D eigenvalue weighted by molar-refractivity contribution is 6.10. The van der Waals surface area contributed by atoms with Gasteiger partial charge in [0.2, 0.25) is 0 Å². The van der Waals surface area contributed by atoms with Gasteiger partial charge in [0, 0.05) is 24.7 Å². The molecular formula is C27H32N2O3. The Bertz CT molecular complexity index is 1090. The average molecular weight is 433 g/mol. The minimum Gasteiger partial charge on any atom is -0.497 e. The SMILES string of the molecule is COc1ccc(OC)c(-c2cccc3c(C(=O)N(C)CCCN4CCCC4)cccc23)c1. The van der Waals surface area contributed by atoms with E-state index in [1.54, 1.807) is 14.2 Å². The summed E-state index contributed by atoms with van der Waals surface area (Å²) in [5.74, 6) is 1.60. The van der Waals surface area contributed by atoms with Gasteiger partial charge in [0.1, 0.15) is 11.5 Å². The summed E-state index contributed by atoms with van der Waals surface area (Å²) in [6.45, 7) is 4.21. The number of likely N-dealkylation sites (tertiary alicyclic amines) is 1. The number of carbonyl (C=O) groups is 1. The molecule has 0 aliphatic carbocycles. The van der Waals surface area contributed by atoms with Crippen molar-refractivity contribution in [3.05, 3.63) is 60.2 Å². The smallest absolute Gasteiger partial charge is 0.254 e. The summed E-state index contributed by atoms with van der Waals surface area (Å²) in [6.07, 6.45) is 3.59. The fourth-order valence-electron chi connectivity index (χ4n) is 4.60. The predicted molar refractivity (Wildman–Crippen MR) is 130 cm³/mol. The molecule has 0 aromatic heterocycles. The first-order valence-corrected chi connectivity index (χ1v) is 11.3. The molecule has 1 aliphatic rings. The molecule has 0 N–H and O–H groups in total. The number of nitrogens with zero attached hydrogens (tertiary/aromatic N) is 2. The maximum atomic E-state index is 13.3. The molecule has 0 atom stereocenters. The molecule has 5 heteroatoms. The highest BCUT2D eigenvalue weighted by Crippen LogP contribution is 2.38. The van der Waals surface area contributed by atoms with Gasteiger partial charge in [0.05, 0.1) is 14.2 Å².